The molecule has 1 atom stereocenters. The van der Waals surface area contributed by atoms with E-state index in [-0.39, 0.29) is 21.9 Å². The fraction of sp³-hybridized carbons (Fsp3) is 0.320. The van der Waals surface area contributed by atoms with Crippen LogP contribution in [-0.4, -0.2) is 36.4 Å². The second-order valence-corrected chi connectivity index (χ2v) is 11.1. The van der Waals surface area contributed by atoms with Gasteiger partial charge in [0.1, 0.15) is 11.6 Å². The molecule has 3 aromatic rings. The molecule has 1 fully saturated rings. The number of nitrogens with zero attached hydrogens (tertiary/aromatic N) is 3. The summed E-state index contributed by atoms with van der Waals surface area (Å²) in [5.41, 5.74) is 8.30. The van der Waals surface area contributed by atoms with E-state index in [9.17, 15) is 13.2 Å². The van der Waals surface area contributed by atoms with E-state index < -0.39 is 15.9 Å². The average molecular weight is 480 g/mol. The molecule has 0 saturated carbocycles. The van der Waals surface area contributed by atoms with Gasteiger partial charge < -0.3 is 10.6 Å². The number of aryl methyl sites for hydroxylation is 1. The highest BCUT2D eigenvalue weighted by Crippen LogP contribution is 2.38. The van der Waals surface area contributed by atoms with E-state index in [1.165, 1.54) is 18.2 Å². The van der Waals surface area contributed by atoms with Gasteiger partial charge in [-0.2, -0.15) is 8.42 Å². The van der Waals surface area contributed by atoms with Gasteiger partial charge in [-0.05, 0) is 62.9 Å². The van der Waals surface area contributed by atoms with Crippen molar-refractivity contribution in [3.8, 4) is 11.3 Å². The molecule has 34 heavy (non-hydrogen) atoms. The molecule has 2 aromatic heterocycles. The molecule has 1 amide bonds. The molecule has 9 heteroatoms. The number of nitrogens with one attached hydrogen (secondary N) is 1. The number of rotatable bonds is 5. The SMILES string of the molecule is Cc1ccccc1-c1ccc(C(=O)NS(=O)(=O)c2cccc(N)n2)c(N2CC(C)CC2(C)C)n1. The van der Waals surface area contributed by atoms with Crippen LogP contribution >= 0.6 is 0 Å². The number of hydrogen-bond acceptors (Lipinski definition) is 7. The number of amides is 1. The number of hydrogen-bond donors (Lipinski definition) is 2. The zero-order valence-electron chi connectivity index (χ0n) is 19.7. The first-order valence-corrected chi connectivity index (χ1v) is 12.6. The summed E-state index contributed by atoms with van der Waals surface area (Å²) in [4.78, 5) is 24.1. The highest BCUT2D eigenvalue weighted by Gasteiger charge is 2.39. The van der Waals surface area contributed by atoms with Crippen molar-refractivity contribution < 1.29 is 13.2 Å². The van der Waals surface area contributed by atoms with E-state index in [2.05, 4.69) is 35.4 Å². The number of pyridine rings is 2. The van der Waals surface area contributed by atoms with E-state index in [0.29, 0.717) is 18.3 Å². The van der Waals surface area contributed by atoms with Crippen LogP contribution in [-0.2, 0) is 10.0 Å². The highest BCUT2D eigenvalue weighted by molar-refractivity contribution is 7.90. The quantitative estimate of drug-likeness (QED) is 0.572. The first-order chi connectivity index (χ1) is 16.0. The molecule has 178 valence electrons. The fourth-order valence-corrected chi connectivity index (χ4v) is 5.55. The number of nitrogens with two attached hydrogens (primary N) is 1. The number of aromatic nitrogens is 2. The van der Waals surface area contributed by atoms with E-state index >= 15 is 0 Å². The van der Waals surface area contributed by atoms with Crippen LogP contribution in [0, 0.1) is 12.8 Å². The van der Waals surface area contributed by atoms with Crippen molar-refractivity contribution in [3.05, 3.63) is 65.7 Å². The van der Waals surface area contributed by atoms with Gasteiger partial charge in [0.05, 0.1) is 11.3 Å². The maximum Gasteiger partial charge on any atom is 0.281 e. The van der Waals surface area contributed by atoms with Gasteiger partial charge in [0.15, 0.2) is 5.03 Å². The zero-order chi connectivity index (χ0) is 24.7. The molecule has 1 aliphatic heterocycles. The third-order valence-corrected chi connectivity index (χ3v) is 7.35. The third-order valence-electron chi connectivity index (χ3n) is 6.12. The van der Waals surface area contributed by atoms with Crippen LogP contribution in [0.3, 0.4) is 0 Å². The van der Waals surface area contributed by atoms with E-state index in [1.807, 2.05) is 31.2 Å². The van der Waals surface area contributed by atoms with Crippen LogP contribution in [0.15, 0.2) is 59.6 Å². The normalized spacial score (nSPS) is 17.5. The van der Waals surface area contributed by atoms with Crippen molar-refractivity contribution in [1.82, 2.24) is 14.7 Å². The van der Waals surface area contributed by atoms with Crippen molar-refractivity contribution in [2.45, 2.75) is 44.7 Å². The Labute approximate surface area is 200 Å². The zero-order valence-corrected chi connectivity index (χ0v) is 20.6. The number of sulfonamides is 1. The maximum absolute atomic E-state index is 13.3. The average Bonchev–Trinajstić information content (AvgIpc) is 3.05. The summed E-state index contributed by atoms with van der Waals surface area (Å²) < 4.78 is 27.8. The Bertz CT molecular complexity index is 1350. The van der Waals surface area contributed by atoms with Crippen LogP contribution in [0.5, 0.6) is 0 Å². The molecule has 0 radical (unpaired) electrons. The van der Waals surface area contributed by atoms with Gasteiger partial charge in [-0.25, -0.2) is 14.7 Å². The maximum atomic E-state index is 13.3. The molecule has 0 aliphatic carbocycles. The number of carbonyl (C=O) groups excluding carboxylic acids is 1. The van der Waals surface area contributed by atoms with Gasteiger partial charge in [0, 0.05) is 17.6 Å². The van der Waals surface area contributed by atoms with Crippen molar-refractivity contribution >= 4 is 27.6 Å². The Hall–Kier alpha value is -3.46. The van der Waals surface area contributed by atoms with E-state index in [1.54, 1.807) is 12.1 Å². The predicted molar refractivity (Wildman–Crippen MR) is 133 cm³/mol. The standard InChI is InChI=1S/C25H29N5O3S/c1-16-14-25(3,4)30(15-16)23-19(12-13-20(27-23)18-9-6-5-8-17(18)2)24(31)29-34(32,33)22-11-7-10-21(26)28-22/h5-13,16H,14-15H2,1-4H3,(H2,26,28)(H,29,31). The highest BCUT2D eigenvalue weighted by atomic mass is 32.2. The summed E-state index contributed by atoms with van der Waals surface area (Å²) in [6, 6.07) is 15.5. The van der Waals surface area contributed by atoms with Gasteiger partial charge in [-0.1, -0.05) is 37.3 Å². The molecule has 1 unspecified atom stereocenters. The predicted octanol–water partition coefficient (Wildman–Crippen LogP) is 3.78. The minimum Gasteiger partial charge on any atom is -0.384 e. The second-order valence-electron chi connectivity index (χ2n) is 9.45. The second kappa shape index (κ2) is 8.72. The molecular formula is C25H29N5O3S. The Morgan fingerprint density at radius 1 is 1.09 bits per heavy atom. The number of benzene rings is 1. The molecule has 3 N–H and O–H groups in total. The number of nitrogen functional groups attached to an aromatic ring is 1. The van der Waals surface area contributed by atoms with Crippen molar-refractivity contribution in [2.75, 3.05) is 17.2 Å². The molecule has 1 aliphatic rings. The van der Waals surface area contributed by atoms with E-state index in [0.717, 1.165) is 23.2 Å². The van der Waals surface area contributed by atoms with Gasteiger partial charge in [0.25, 0.3) is 15.9 Å². The number of anilines is 2. The summed E-state index contributed by atoms with van der Waals surface area (Å²) in [6.45, 7) is 9.08. The third kappa shape index (κ3) is 4.61. The van der Waals surface area contributed by atoms with Crippen LogP contribution in [0.25, 0.3) is 11.3 Å². The van der Waals surface area contributed by atoms with Crippen LogP contribution in [0.1, 0.15) is 43.1 Å². The summed E-state index contributed by atoms with van der Waals surface area (Å²) in [5.74, 6) is 0.143. The summed E-state index contributed by atoms with van der Waals surface area (Å²) in [6.07, 6.45) is 0.926. The molecule has 0 bridgehead atoms. The lowest BCUT2D eigenvalue weighted by atomic mass is 9.97. The van der Waals surface area contributed by atoms with Gasteiger partial charge in [-0.3, -0.25) is 4.79 Å². The van der Waals surface area contributed by atoms with E-state index in [4.69, 9.17) is 10.7 Å². The largest absolute Gasteiger partial charge is 0.384 e. The molecule has 8 nitrogen and oxygen atoms in total. The molecule has 1 saturated heterocycles. The van der Waals surface area contributed by atoms with Crippen molar-refractivity contribution in [3.63, 3.8) is 0 Å². The van der Waals surface area contributed by atoms with Crippen LogP contribution < -0.4 is 15.4 Å². The van der Waals surface area contributed by atoms with Crippen LogP contribution in [0.2, 0.25) is 0 Å². The number of carbonyl (C=O) groups is 1. The Balaban J connectivity index is 1.79. The smallest absolute Gasteiger partial charge is 0.281 e. The minimum atomic E-state index is -4.22. The van der Waals surface area contributed by atoms with Gasteiger partial charge in [0.2, 0.25) is 0 Å². The lowest BCUT2D eigenvalue weighted by Crippen LogP contribution is -2.41. The molecular weight excluding hydrogens is 450 g/mol. The molecule has 3 heterocycles. The lowest BCUT2D eigenvalue weighted by Gasteiger charge is -2.34. The van der Waals surface area contributed by atoms with Gasteiger partial charge in [-0.15, -0.1) is 0 Å². The topological polar surface area (TPSA) is 118 Å². The molecule has 0 spiro atoms. The van der Waals surface area contributed by atoms with Crippen molar-refractivity contribution in [2.24, 2.45) is 5.92 Å². The first-order valence-electron chi connectivity index (χ1n) is 11.1. The monoisotopic (exact) mass is 479 g/mol. The summed E-state index contributed by atoms with van der Waals surface area (Å²) in [7, 11) is -4.22. The van der Waals surface area contributed by atoms with Crippen LogP contribution in [0.4, 0.5) is 11.6 Å². The molecule has 1 aromatic carbocycles. The summed E-state index contributed by atoms with van der Waals surface area (Å²) >= 11 is 0. The summed E-state index contributed by atoms with van der Waals surface area (Å²) in [5, 5.41) is -0.318. The lowest BCUT2D eigenvalue weighted by molar-refractivity contribution is 0.0981. The Morgan fingerprint density at radius 3 is 2.47 bits per heavy atom. The Morgan fingerprint density at radius 2 is 1.82 bits per heavy atom. The van der Waals surface area contributed by atoms with Crippen molar-refractivity contribution in [1.29, 1.82) is 0 Å². The molecule has 4 rings (SSSR count). The fourth-order valence-electron chi connectivity index (χ4n) is 4.61. The van der Waals surface area contributed by atoms with Gasteiger partial charge >= 0.3 is 0 Å². The minimum absolute atomic E-state index is 0.0491. The Kier molecular flexibility index (Phi) is 6.07. The first kappa shape index (κ1) is 23.7.